The highest BCUT2D eigenvalue weighted by Gasteiger charge is 2.17. The number of benzene rings is 2. The van der Waals surface area contributed by atoms with Crippen molar-refractivity contribution in [1.82, 2.24) is 4.72 Å². The molecule has 1 N–H and O–H groups in total. The molecule has 0 atom stereocenters. The van der Waals surface area contributed by atoms with Gasteiger partial charge >= 0.3 is 0 Å². The minimum atomic E-state index is -3.68. The largest absolute Gasteiger partial charge is 0.493 e. The molecule has 2 aromatic carbocycles. The lowest BCUT2D eigenvalue weighted by Gasteiger charge is -2.12. The van der Waals surface area contributed by atoms with Crippen LogP contribution in [0.3, 0.4) is 0 Å². The smallest absolute Gasteiger partial charge is 0.241 e. The lowest BCUT2D eigenvalue weighted by atomic mass is 10.2. The van der Waals surface area contributed by atoms with Gasteiger partial charge in [0.2, 0.25) is 10.0 Å². The summed E-state index contributed by atoms with van der Waals surface area (Å²) in [6, 6.07) is 11.8. The van der Waals surface area contributed by atoms with Gasteiger partial charge < -0.3 is 14.2 Å². The molecule has 2 aromatic rings. The fourth-order valence-electron chi connectivity index (χ4n) is 2.25. The maximum atomic E-state index is 12.5. The molecule has 0 fully saturated rings. The van der Waals surface area contributed by atoms with Gasteiger partial charge in [-0.1, -0.05) is 12.1 Å². The molecule has 0 aliphatic heterocycles. The molecule has 0 spiro atoms. The van der Waals surface area contributed by atoms with Gasteiger partial charge in [0.1, 0.15) is 5.75 Å². The van der Waals surface area contributed by atoms with Crippen LogP contribution in [0.2, 0.25) is 0 Å². The van der Waals surface area contributed by atoms with Gasteiger partial charge in [-0.25, -0.2) is 13.1 Å². The number of ether oxygens (including phenoxy) is 3. The summed E-state index contributed by atoms with van der Waals surface area (Å²) in [5.41, 5.74) is 0.808. The predicted molar refractivity (Wildman–Crippen MR) is 95.8 cm³/mol. The van der Waals surface area contributed by atoms with Crippen LogP contribution in [-0.2, 0) is 16.6 Å². The van der Waals surface area contributed by atoms with Gasteiger partial charge in [-0.2, -0.15) is 0 Å². The third kappa shape index (κ3) is 5.11. The van der Waals surface area contributed by atoms with Crippen molar-refractivity contribution in [3.8, 4) is 17.2 Å². The zero-order valence-electron chi connectivity index (χ0n) is 14.8. The lowest BCUT2D eigenvalue weighted by molar-refractivity contribution is 0.242. The van der Waals surface area contributed by atoms with E-state index in [1.54, 1.807) is 6.07 Å². The highest BCUT2D eigenvalue weighted by atomic mass is 32.2. The Kier molecular flexibility index (Phi) is 6.27. The van der Waals surface area contributed by atoms with E-state index >= 15 is 0 Å². The number of methoxy groups -OCH3 is 2. The second kappa shape index (κ2) is 8.22. The summed E-state index contributed by atoms with van der Waals surface area (Å²) in [7, 11) is -0.722. The second-order valence-electron chi connectivity index (χ2n) is 5.66. The summed E-state index contributed by atoms with van der Waals surface area (Å²) >= 11 is 0. The van der Waals surface area contributed by atoms with E-state index in [0.29, 0.717) is 17.2 Å². The van der Waals surface area contributed by atoms with Gasteiger partial charge in [-0.15, -0.1) is 0 Å². The summed E-state index contributed by atoms with van der Waals surface area (Å²) in [6.45, 7) is 4.03. The molecule has 7 heteroatoms. The van der Waals surface area contributed by atoms with Crippen molar-refractivity contribution in [1.29, 1.82) is 0 Å². The zero-order chi connectivity index (χ0) is 18.4. The Morgan fingerprint density at radius 2 is 1.72 bits per heavy atom. The van der Waals surface area contributed by atoms with E-state index < -0.39 is 10.0 Å². The summed E-state index contributed by atoms with van der Waals surface area (Å²) in [4.78, 5) is 0.111. The third-order valence-electron chi connectivity index (χ3n) is 3.40. The molecule has 136 valence electrons. The molecular formula is C18H23NO5S. The summed E-state index contributed by atoms with van der Waals surface area (Å²) in [6.07, 6.45) is 0.0544. The van der Waals surface area contributed by atoms with Crippen LogP contribution in [0.5, 0.6) is 17.2 Å². The van der Waals surface area contributed by atoms with Gasteiger partial charge in [0.25, 0.3) is 0 Å². The predicted octanol–water partition coefficient (Wildman–Crippen LogP) is 2.97. The number of hydrogen-bond donors (Lipinski definition) is 1. The average Bonchev–Trinajstić information content (AvgIpc) is 2.59. The van der Waals surface area contributed by atoms with Crippen LogP contribution in [0.25, 0.3) is 0 Å². The molecule has 0 radical (unpaired) electrons. The van der Waals surface area contributed by atoms with E-state index in [2.05, 4.69) is 4.72 Å². The molecular weight excluding hydrogens is 342 g/mol. The van der Waals surface area contributed by atoms with Gasteiger partial charge in [-0.05, 0) is 43.7 Å². The van der Waals surface area contributed by atoms with Crippen molar-refractivity contribution in [3.63, 3.8) is 0 Å². The highest BCUT2D eigenvalue weighted by Crippen LogP contribution is 2.29. The Balaban J connectivity index is 2.14. The quantitative estimate of drug-likeness (QED) is 0.778. The number of rotatable bonds is 8. The highest BCUT2D eigenvalue weighted by molar-refractivity contribution is 7.89. The first-order valence-corrected chi connectivity index (χ1v) is 9.31. The van der Waals surface area contributed by atoms with E-state index in [0.717, 1.165) is 5.56 Å². The number of hydrogen-bond acceptors (Lipinski definition) is 5. The lowest BCUT2D eigenvalue weighted by Crippen LogP contribution is -2.23. The van der Waals surface area contributed by atoms with Crippen molar-refractivity contribution in [2.24, 2.45) is 0 Å². The molecule has 0 unspecified atom stereocenters. The summed E-state index contributed by atoms with van der Waals surface area (Å²) in [5, 5.41) is 0. The first-order valence-electron chi connectivity index (χ1n) is 7.83. The van der Waals surface area contributed by atoms with Crippen LogP contribution in [0.15, 0.2) is 47.4 Å². The minimum Gasteiger partial charge on any atom is -0.493 e. The molecule has 0 aliphatic carbocycles. The zero-order valence-corrected chi connectivity index (χ0v) is 15.6. The third-order valence-corrected chi connectivity index (χ3v) is 4.80. The minimum absolute atomic E-state index is 0.0544. The Labute approximate surface area is 148 Å². The Morgan fingerprint density at radius 1 is 1.00 bits per heavy atom. The van der Waals surface area contributed by atoms with Crippen molar-refractivity contribution in [2.75, 3.05) is 14.2 Å². The van der Waals surface area contributed by atoms with Crippen molar-refractivity contribution in [2.45, 2.75) is 31.4 Å². The molecule has 0 saturated carbocycles. The fraction of sp³-hybridized carbons (Fsp3) is 0.333. The van der Waals surface area contributed by atoms with E-state index in [4.69, 9.17) is 14.2 Å². The molecule has 0 bridgehead atoms. The fourth-order valence-corrected chi connectivity index (χ4v) is 3.28. The molecule has 0 aliphatic rings. The number of sulfonamides is 1. The normalized spacial score (nSPS) is 11.4. The molecule has 0 aromatic heterocycles. The maximum Gasteiger partial charge on any atom is 0.241 e. The molecule has 6 nitrogen and oxygen atoms in total. The monoisotopic (exact) mass is 365 g/mol. The first-order chi connectivity index (χ1) is 11.9. The molecule has 0 heterocycles. The summed E-state index contributed by atoms with van der Waals surface area (Å²) < 4.78 is 43.5. The van der Waals surface area contributed by atoms with E-state index in [9.17, 15) is 8.42 Å². The topological polar surface area (TPSA) is 73.9 Å². The standard InChI is InChI=1S/C18H23NO5S/c1-13(2)24-15-7-5-6-14(10-15)12-19-25(20,21)16-8-9-17(22-3)18(11-16)23-4/h5-11,13,19H,12H2,1-4H3. The second-order valence-corrected chi connectivity index (χ2v) is 7.42. The Morgan fingerprint density at radius 3 is 2.36 bits per heavy atom. The van der Waals surface area contributed by atoms with Gasteiger partial charge in [0, 0.05) is 12.6 Å². The molecule has 0 amide bonds. The van der Waals surface area contributed by atoms with Gasteiger partial charge in [0.15, 0.2) is 11.5 Å². The average molecular weight is 365 g/mol. The Hall–Kier alpha value is -2.25. The summed E-state index contributed by atoms with van der Waals surface area (Å²) in [5.74, 6) is 1.54. The van der Waals surface area contributed by atoms with E-state index in [1.807, 2.05) is 38.1 Å². The van der Waals surface area contributed by atoms with Crippen LogP contribution in [0.1, 0.15) is 19.4 Å². The van der Waals surface area contributed by atoms with Crippen LogP contribution in [-0.4, -0.2) is 28.7 Å². The molecule has 25 heavy (non-hydrogen) atoms. The van der Waals surface area contributed by atoms with Crippen molar-refractivity contribution in [3.05, 3.63) is 48.0 Å². The van der Waals surface area contributed by atoms with Crippen molar-refractivity contribution >= 4 is 10.0 Å². The molecule has 0 saturated heterocycles. The van der Waals surface area contributed by atoms with E-state index in [1.165, 1.54) is 26.4 Å². The Bertz CT molecular complexity index is 818. The van der Waals surface area contributed by atoms with Crippen LogP contribution < -0.4 is 18.9 Å². The van der Waals surface area contributed by atoms with Gasteiger partial charge in [-0.3, -0.25) is 0 Å². The van der Waals surface area contributed by atoms with Crippen LogP contribution >= 0.6 is 0 Å². The molecule has 2 rings (SSSR count). The van der Waals surface area contributed by atoms with Crippen LogP contribution in [0, 0.1) is 0 Å². The SMILES string of the molecule is COc1ccc(S(=O)(=O)NCc2cccc(OC(C)C)c2)cc1OC. The van der Waals surface area contributed by atoms with Gasteiger partial charge in [0.05, 0.1) is 25.2 Å². The van der Waals surface area contributed by atoms with Crippen LogP contribution in [0.4, 0.5) is 0 Å². The maximum absolute atomic E-state index is 12.5. The van der Waals surface area contributed by atoms with Crippen molar-refractivity contribution < 1.29 is 22.6 Å². The number of nitrogens with one attached hydrogen (secondary N) is 1. The van der Waals surface area contributed by atoms with E-state index in [-0.39, 0.29) is 17.5 Å². The first kappa shape index (κ1) is 19.1.